The molecule has 0 atom stereocenters. The van der Waals surface area contributed by atoms with E-state index in [1.165, 1.54) is 18.2 Å². The van der Waals surface area contributed by atoms with Gasteiger partial charge in [0.1, 0.15) is 5.82 Å². The number of rotatable bonds is 8. The number of aromatic nitrogens is 2. The molecule has 1 aromatic heterocycles. The molecule has 0 aliphatic heterocycles. The summed E-state index contributed by atoms with van der Waals surface area (Å²) < 4.78 is 15.3. The van der Waals surface area contributed by atoms with Crippen LogP contribution in [-0.2, 0) is 11.2 Å². The topological polar surface area (TPSA) is 76.0 Å². The quantitative estimate of drug-likeness (QED) is 0.630. The number of hydrogen-bond donors (Lipinski definition) is 2. The van der Waals surface area contributed by atoms with E-state index in [4.69, 9.17) is 0 Å². The summed E-state index contributed by atoms with van der Waals surface area (Å²) in [7, 11) is 0. The second-order valence-corrected chi connectivity index (χ2v) is 6.21. The average molecular weight is 380 g/mol. The number of carbonyl (C=O) groups is 2. The highest BCUT2D eigenvalue weighted by Crippen LogP contribution is 2.08. The summed E-state index contributed by atoms with van der Waals surface area (Å²) in [6.45, 7) is 0.617. The third kappa shape index (κ3) is 5.26. The lowest BCUT2D eigenvalue weighted by atomic mass is 10.2. The van der Waals surface area contributed by atoms with Crippen molar-refractivity contribution in [3.63, 3.8) is 0 Å². The molecule has 2 aromatic carbocycles. The number of nitrogens with one attached hydrogen (secondary N) is 2. The lowest BCUT2D eigenvalue weighted by molar-refractivity contribution is -0.120. The van der Waals surface area contributed by atoms with Crippen LogP contribution in [0.15, 0.2) is 67.0 Å². The molecule has 1 heterocycles. The van der Waals surface area contributed by atoms with E-state index >= 15 is 0 Å². The SMILES string of the molecule is O=C(CCNC(=O)c1ccccc1F)NCCc1cnn(-c2ccccc2)c1. The molecule has 0 unspecified atom stereocenters. The van der Waals surface area contributed by atoms with Crippen LogP contribution in [0.1, 0.15) is 22.3 Å². The molecule has 0 fully saturated rings. The van der Waals surface area contributed by atoms with Crippen LogP contribution in [-0.4, -0.2) is 34.7 Å². The van der Waals surface area contributed by atoms with Crippen molar-refractivity contribution in [3.8, 4) is 5.69 Å². The van der Waals surface area contributed by atoms with Gasteiger partial charge < -0.3 is 10.6 Å². The van der Waals surface area contributed by atoms with Gasteiger partial charge in [0.25, 0.3) is 5.91 Å². The van der Waals surface area contributed by atoms with Crippen LogP contribution in [0.4, 0.5) is 4.39 Å². The maximum Gasteiger partial charge on any atom is 0.254 e. The van der Waals surface area contributed by atoms with E-state index in [1.807, 2.05) is 36.5 Å². The fourth-order valence-corrected chi connectivity index (χ4v) is 2.68. The Kier molecular flexibility index (Phi) is 6.51. The van der Waals surface area contributed by atoms with Gasteiger partial charge in [0.15, 0.2) is 0 Å². The molecule has 2 N–H and O–H groups in total. The molecule has 0 saturated heterocycles. The van der Waals surface area contributed by atoms with Gasteiger partial charge in [-0.3, -0.25) is 9.59 Å². The zero-order chi connectivity index (χ0) is 19.8. The number of nitrogens with zero attached hydrogens (tertiary/aromatic N) is 2. The molecule has 0 radical (unpaired) electrons. The predicted octanol–water partition coefficient (Wildman–Crippen LogP) is 2.49. The number of halogens is 1. The molecule has 28 heavy (non-hydrogen) atoms. The fourth-order valence-electron chi connectivity index (χ4n) is 2.68. The molecule has 0 spiro atoms. The van der Waals surface area contributed by atoms with Crippen molar-refractivity contribution in [1.29, 1.82) is 0 Å². The Morgan fingerprint density at radius 2 is 1.71 bits per heavy atom. The van der Waals surface area contributed by atoms with Crippen molar-refractivity contribution >= 4 is 11.8 Å². The summed E-state index contributed by atoms with van der Waals surface area (Å²) in [5, 5.41) is 9.67. The molecule has 3 aromatic rings. The van der Waals surface area contributed by atoms with Crippen LogP contribution in [0.25, 0.3) is 5.69 Å². The van der Waals surface area contributed by atoms with Gasteiger partial charge in [0.2, 0.25) is 5.91 Å². The molecule has 6 nitrogen and oxygen atoms in total. The Morgan fingerprint density at radius 3 is 2.50 bits per heavy atom. The number of benzene rings is 2. The summed E-state index contributed by atoms with van der Waals surface area (Å²) in [6.07, 6.45) is 4.48. The molecule has 0 aliphatic carbocycles. The molecular formula is C21H21FN4O2. The maximum absolute atomic E-state index is 13.5. The molecular weight excluding hydrogens is 359 g/mol. The summed E-state index contributed by atoms with van der Waals surface area (Å²) >= 11 is 0. The van der Waals surface area contributed by atoms with Gasteiger partial charge in [-0.2, -0.15) is 5.10 Å². The summed E-state index contributed by atoms with van der Waals surface area (Å²) in [5.74, 6) is -1.29. The Morgan fingerprint density at radius 1 is 0.964 bits per heavy atom. The standard InChI is InChI=1S/C21H21FN4O2/c22-19-9-5-4-8-18(19)21(28)24-13-11-20(27)23-12-10-16-14-25-26(15-16)17-6-2-1-3-7-17/h1-9,14-15H,10-13H2,(H,23,27)(H,24,28). The average Bonchev–Trinajstić information content (AvgIpc) is 3.18. The van der Waals surface area contributed by atoms with Crippen molar-refractivity contribution in [1.82, 2.24) is 20.4 Å². The Labute approximate surface area is 162 Å². The van der Waals surface area contributed by atoms with Crippen molar-refractivity contribution in [2.24, 2.45) is 0 Å². The van der Waals surface area contributed by atoms with Crippen molar-refractivity contribution < 1.29 is 14.0 Å². The number of para-hydroxylation sites is 1. The van der Waals surface area contributed by atoms with Crippen LogP contribution in [0.2, 0.25) is 0 Å². The first-order valence-corrected chi connectivity index (χ1v) is 9.02. The van der Waals surface area contributed by atoms with E-state index in [1.54, 1.807) is 16.9 Å². The largest absolute Gasteiger partial charge is 0.356 e. The predicted molar refractivity (Wildman–Crippen MR) is 104 cm³/mol. The van der Waals surface area contributed by atoms with Crippen LogP contribution >= 0.6 is 0 Å². The van der Waals surface area contributed by atoms with Crippen molar-refractivity contribution in [3.05, 3.63) is 83.9 Å². The molecule has 0 saturated carbocycles. The second-order valence-electron chi connectivity index (χ2n) is 6.21. The highest BCUT2D eigenvalue weighted by atomic mass is 19.1. The number of carbonyl (C=O) groups excluding carboxylic acids is 2. The summed E-state index contributed by atoms with van der Waals surface area (Å²) in [4.78, 5) is 23.8. The highest BCUT2D eigenvalue weighted by molar-refractivity contribution is 5.94. The minimum atomic E-state index is -0.583. The first-order valence-electron chi connectivity index (χ1n) is 9.02. The fraction of sp³-hybridized carbons (Fsp3) is 0.190. The van der Waals surface area contributed by atoms with E-state index in [2.05, 4.69) is 15.7 Å². The molecule has 2 amide bonds. The smallest absolute Gasteiger partial charge is 0.254 e. The first-order chi connectivity index (χ1) is 13.6. The van der Waals surface area contributed by atoms with Gasteiger partial charge in [-0.1, -0.05) is 30.3 Å². The van der Waals surface area contributed by atoms with Crippen LogP contribution < -0.4 is 10.6 Å². The van der Waals surface area contributed by atoms with Crippen molar-refractivity contribution in [2.45, 2.75) is 12.8 Å². The van der Waals surface area contributed by atoms with E-state index in [0.29, 0.717) is 13.0 Å². The van der Waals surface area contributed by atoms with Crippen molar-refractivity contribution in [2.75, 3.05) is 13.1 Å². The third-order valence-corrected chi connectivity index (χ3v) is 4.15. The maximum atomic E-state index is 13.5. The van der Waals surface area contributed by atoms with Gasteiger partial charge in [-0.25, -0.2) is 9.07 Å². The second kappa shape index (κ2) is 9.45. The summed E-state index contributed by atoms with van der Waals surface area (Å²) in [5.41, 5.74) is 1.96. The molecule has 7 heteroatoms. The summed E-state index contributed by atoms with van der Waals surface area (Å²) in [6, 6.07) is 15.5. The Bertz CT molecular complexity index is 940. The van der Waals surface area contributed by atoms with E-state index in [9.17, 15) is 14.0 Å². The van der Waals surface area contributed by atoms with E-state index in [0.717, 1.165) is 11.3 Å². The molecule has 3 rings (SSSR count). The van der Waals surface area contributed by atoms with Gasteiger partial charge >= 0.3 is 0 Å². The van der Waals surface area contributed by atoms with Crippen LogP contribution in [0.5, 0.6) is 0 Å². The van der Waals surface area contributed by atoms with E-state index in [-0.39, 0.29) is 24.4 Å². The molecule has 0 aliphatic rings. The first kappa shape index (κ1) is 19.3. The normalized spacial score (nSPS) is 10.5. The number of amides is 2. The minimum Gasteiger partial charge on any atom is -0.356 e. The molecule has 0 bridgehead atoms. The van der Waals surface area contributed by atoms with Crippen LogP contribution in [0.3, 0.4) is 0 Å². The third-order valence-electron chi connectivity index (χ3n) is 4.15. The highest BCUT2D eigenvalue weighted by Gasteiger charge is 2.10. The van der Waals surface area contributed by atoms with E-state index < -0.39 is 11.7 Å². The Balaban J connectivity index is 1.37. The lowest BCUT2D eigenvalue weighted by Crippen LogP contribution is -2.32. The minimum absolute atomic E-state index is 0.0293. The van der Waals surface area contributed by atoms with Gasteiger partial charge in [-0.05, 0) is 36.2 Å². The monoisotopic (exact) mass is 380 g/mol. The Hall–Kier alpha value is -3.48. The van der Waals surface area contributed by atoms with Crippen LogP contribution in [0, 0.1) is 5.82 Å². The zero-order valence-corrected chi connectivity index (χ0v) is 15.3. The lowest BCUT2D eigenvalue weighted by Gasteiger charge is -2.07. The van der Waals surface area contributed by atoms with Gasteiger partial charge in [0, 0.05) is 25.7 Å². The van der Waals surface area contributed by atoms with Gasteiger partial charge in [0.05, 0.1) is 17.4 Å². The zero-order valence-electron chi connectivity index (χ0n) is 15.3. The number of hydrogen-bond acceptors (Lipinski definition) is 3. The van der Waals surface area contributed by atoms with Gasteiger partial charge in [-0.15, -0.1) is 0 Å². The molecule has 144 valence electrons.